The SMILES string of the molecule is CCOCc1ccccc1NC1CCS(=O)CC1. The molecule has 0 unspecified atom stereocenters. The molecule has 1 aromatic carbocycles. The fraction of sp³-hybridized carbons (Fsp3) is 0.571. The molecule has 0 spiro atoms. The Labute approximate surface area is 111 Å². The van der Waals surface area contributed by atoms with Gasteiger partial charge in [0.2, 0.25) is 0 Å². The van der Waals surface area contributed by atoms with Crippen LogP contribution in [-0.2, 0) is 22.1 Å². The maximum Gasteiger partial charge on any atom is 0.0736 e. The molecule has 0 bridgehead atoms. The van der Waals surface area contributed by atoms with Gasteiger partial charge in [0.1, 0.15) is 0 Å². The zero-order chi connectivity index (χ0) is 12.8. The molecule has 1 saturated heterocycles. The van der Waals surface area contributed by atoms with Crippen LogP contribution in [0.3, 0.4) is 0 Å². The summed E-state index contributed by atoms with van der Waals surface area (Å²) in [5, 5.41) is 3.56. The molecule has 0 saturated carbocycles. The number of rotatable bonds is 5. The van der Waals surface area contributed by atoms with E-state index in [-0.39, 0.29) is 0 Å². The molecule has 1 fully saturated rings. The second-order valence-corrected chi connectivity index (χ2v) is 6.26. The summed E-state index contributed by atoms with van der Waals surface area (Å²) in [6.07, 6.45) is 1.99. The molecule has 18 heavy (non-hydrogen) atoms. The normalized spacial score (nSPS) is 23.8. The van der Waals surface area contributed by atoms with E-state index in [0.29, 0.717) is 12.6 Å². The van der Waals surface area contributed by atoms with E-state index >= 15 is 0 Å². The minimum absolute atomic E-state index is 0.450. The van der Waals surface area contributed by atoms with E-state index in [1.165, 1.54) is 5.56 Å². The molecule has 1 aliphatic rings. The molecule has 4 heteroatoms. The van der Waals surface area contributed by atoms with Crippen LogP contribution in [0.5, 0.6) is 0 Å². The molecule has 0 amide bonds. The van der Waals surface area contributed by atoms with Crippen molar-refractivity contribution < 1.29 is 8.95 Å². The minimum atomic E-state index is -0.594. The number of hydrogen-bond acceptors (Lipinski definition) is 3. The molecule has 2 rings (SSSR count). The van der Waals surface area contributed by atoms with E-state index in [2.05, 4.69) is 17.4 Å². The average Bonchev–Trinajstić information content (AvgIpc) is 2.40. The third-order valence-corrected chi connectivity index (χ3v) is 4.61. The zero-order valence-electron chi connectivity index (χ0n) is 10.9. The van der Waals surface area contributed by atoms with E-state index in [4.69, 9.17) is 4.74 Å². The minimum Gasteiger partial charge on any atom is -0.382 e. The first-order valence-corrected chi connectivity index (χ1v) is 8.05. The Balaban J connectivity index is 1.97. The fourth-order valence-electron chi connectivity index (χ4n) is 2.16. The molecule has 0 atom stereocenters. The summed E-state index contributed by atoms with van der Waals surface area (Å²) in [6, 6.07) is 8.72. The molecule has 100 valence electrons. The van der Waals surface area contributed by atoms with Crippen molar-refractivity contribution >= 4 is 16.5 Å². The van der Waals surface area contributed by atoms with Gasteiger partial charge in [-0.15, -0.1) is 0 Å². The highest BCUT2D eigenvalue weighted by molar-refractivity contribution is 7.85. The van der Waals surface area contributed by atoms with E-state index in [0.717, 1.165) is 36.6 Å². The van der Waals surface area contributed by atoms with Crippen LogP contribution in [-0.4, -0.2) is 28.4 Å². The molecule has 0 radical (unpaired) electrons. The molecule has 1 aliphatic heterocycles. The quantitative estimate of drug-likeness (QED) is 0.891. The molecular formula is C14H21NO2S. The summed E-state index contributed by atoms with van der Waals surface area (Å²) in [4.78, 5) is 0. The standard InChI is InChI=1S/C14H21NO2S/c1-2-17-11-12-5-3-4-6-14(12)15-13-7-9-18(16)10-8-13/h3-6,13,15H,2,7-11H2,1H3. The van der Waals surface area contributed by atoms with Gasteiger partial charge < -0.3 is 10.1 Å². The van der Waals surface area contributed by atoms with Gasteiger partial charge in [0.25, 0.3) is 0 Å². The van der Waals surface area contributed by atoms with Crippen molar-refractivity contribution in [3.63, 3.8) is 0 Å². The predicted molar refractivity (Wildman–Crippen MR) is 76.3 cm³/mol. The van der Waals surface area contributed by atoms with Gasteiger partial charge in [-0.2, -0.15) is 0 Å². The summed E-state index contributed by atoms with van der Waals surface area (Å²) >= 11 is 0. The maximum atomic E-state index is 11.3. The first kappa shape index (κ1) is 13.6. The Morgan fingerprint density at radius 2 is 2.06 bits per heavy atom. The summed E-state index contributed by atoms with van der Waals surface area (Å²) in [5.74, 6) is 1.65. The van der Waals surface area contributed by atoms with Crippen molar-refractivity contribution in [1.29, 1.82) is 0 Å². The summed E-state index contributed by atoms with van der Waals surface area (Å²) < 4.78 is 16.8. The number of anilines is 1. The van der Waals surface area contributed by atoms with Crippen LogP contribution in [0.1, 0.15) is 25.3 Å². The fourth-order valence-corrected chi connectivity index (χ4v) is 3.46. The van der Waals surface area contributed by atoms with Crippen LogP contribution in [0.4, 0.5) is 5.69 Å². The van der Waals surface area contributed by atoms with Gasteiger partial charge in [0.15, 0.2) is 0 Å². The first-order chi connectivity index (χ1) is 8.79. The Bertz CT molecular complexity index is 399. The molecular weight excluding hydrogens is 246 g/mol. The highest BCUT2D eigenvalue weighted by Gasteiger charge is 2.18. The van der Waals surface area contributed by atoms with Crippen LogP contribution < -0.4 is 5.32 Å². The third-order valence-electron chi connectivity index (χ3n) is 3.23. The summed E-state index contributed by atoms with van der Waals surface area (Å²) in [7, 11) is -0.594. The van der Waals surface area contributed by atoms with Gasteiger partial charge in [0.05, 0.1) is 6.61 Å². The van der Waals surface area contributed by atoms with Crippen molar-refractivity contribution in [2.45, 2.75) is 32.4 Å². The van der Waals surface area contributed by atoms with E-state index in [1.54, 1.807) is 0 Å². The zero-order valence-corrected chi connectivity index (χ0v) is 11.7. The lowest BCUT2D eigenvalue weighted by Gasteiger charge is -2.24. The number of nitrogens with one attached hydrogen (secondary N) is 1. The largest absolute Gasteiger partial charge is 0.382 e. The van der Waals surface area contributed by atoms with Gasteiger partial charge in [-0.25, -0.2) is 0 Å². The molecule has 3 nitrogen and oxygen atoms in total. The lowest BCUT2D eigenvalue weighted by Crippen LogP contribution is -2.29. The topological polar surface area (TPSA) is 38.3 Å². The first-order valence-electron chi connectivity index (χ1n) is 6.56. The highest BCUT2D eigenvalue weighted by Crippen LogP contribution is 2.20. The summed E-state index contributed by atoms with van der Waals surface area (Å²) in [6.45, 7) is 3.39. The van der Waals surface area contributed by atoms with Crippen molar-refractivity contribution in [3.8, 4) is 0 Å². The third kappa shape index (κ3) is 3.82. The van der Waals surface area contributed by atoms with Crippen molar-refractivity contribution in [2.75, 3.05) is 23.4 Å². The Morgan fingerprint density at radius 3 is 2.78 bits per heavy atom. The smallest absolute Gasteiger partial charge is 0.0736 e. The van der Waals surface area contributed by atoms with Gasteiger partial charge in [-0.05, 0) is 25.8 Å². The van der Waals surface area contributed by atoms with Gasteiger partial charge in [-0.1, -0.05) is 18.2 Å². The van der Waals surface area contributed by atoms with Crippen LogP contribution in [0.2, 0.25) is 0 Å². The number of benzene rings is 1. The van der Waals surface area contributed by atoms with E-state index in [1.807, 2.05) is 19.1 Å². The van der Waals surface area contributed by atoms with E-state index < -0.39 is 10.8 Å². The summed E-state index contributed by atoms with van der Waals surface area (Å²) in [5.41, 5.74) is 2.36. The maximum absolute atomic E-state index is 11.3. The lowest BCUT2D eigenvalue weighted by atomic mass is 10.1. The van der Waals surface area contributed by atoms with Crippen LogP contribution in [0, 0.1) is 0 Å². The molecule has 1 aromatic rings. The van der Waals surface area contributed by atoms with Crippen molar-refractivity contribution in [3.05, 3.63) is 29.8 Å². The molecule has 1 N–H and O–H groups in total. The van der Waals surface area contributed by atoms with Gasteiger partial charge in [0, 0.05) is 46.2 Å². The lowest BCUT2D eigenvalue weighted by molar-refractivity contribution is 0.134. The van der Waals surface area contributed by atoms with Crippen LogP contribution in [0.25, 0.3) is 0 Å². The highest BCUT2D eigenvalue weighted by atomic mass is 32.2. The monoisotopic (exact) mass is 267 g/mol. The van der Waals surface area contributed by atoms with Crippen molar-refractivity contribution in [1.82, 2.24) is 0 Å². The van der Waals surface area contributed by atoms with Crippen molar-refractivity contribution in [2.24, 2.45) is 0 Å². The van der Waals surface area contributed by atoms with Gasteiger partial charge >= 0.3 is 0 Å². The Kier molecular flexibility index (Phi) is 5.20. The number of ether oxygens (including phenoxy) is 1. The molecule has 1 heterocycles. The van der Waals surface area contributed by atoms with Crippen LogP contribution >= 0.6 is 0 Å². The molecule has 0 aromatic heterocycles. The number of hydrogen-bond donors (Lipinski definition) is 1. The Hall–Kier alpha value is -0.870. The molecule has 0 aliphatic carbocycles. The van der Waals surface area contributed by atoms with Gasteiger partial charge in [-0.3, -0.25) is 4.21 Å². The van der Waals surface area contributed by atoms with Crippen LogP contribution in [0.15, 0.2) is 24.3 Å². The average molecular weight is 267 g/mol. The van der Waals surface area contributed by atoms with E-state index in [9.17, 15) is 4.21 Å². The Morgan fingerprint density at radius 1 is 1.33 bits per heavy atom. The second-order valence-electron chi connectivity index (χ2n) is 4.56. The number of para-hydroxylation sites is 1. The predicted octanol–water partition coefficient (Wildman–Crippen LogP) is 2.55. The second kappa shape index (κ2) is 6.90.